The van der Waals surface area contributed by atoms with Gasteiger partial charge in [0.2, 0.25) is 0 Å². The summed E-state index contributed by atoms with van der Waals surface area (Å²) in [5.74, 6) is 0.926. The molecule has 0 spiro atoms. The molecule has 0 bridgehead atoms. The summed E-state index contributed by atoms with van der Waals surface area (Å²) in [4.78, 5) is 5.12. The van der Waals surface area contributed by atoms with E-state index in [9.17, 15) is 0 Å². The molecule has 1 saturated carbocycles. The Hall–Kier alpha value is -1.18. The fourth-order valence-corrected chi connectivity index (χ4v) is 4.64. The van der Waals surface area contributed by atoms with Crippen LogP contribution >= 0.6 is 28.1 Å². The van der Waals surface area contributed by atoms with Crippen LogP contribution in [0.25, 0.3) is 0 Å². The molecule has 26 heavy (non-hydrogen) atoms. The van der Waals surface area contributed by atoms with Gasteiger partial charge in [0.25, 0.3) is 0 Å². The number of benzene rings is 1. The van der Waals surface area contributed by atoms with Crippen LogP contribution in [0, 0.1) is 5.92 Å². The van der Waals surface area contributed by atoms with E-state index in [1.54, 1.807) is 6.21 Å². The number of anilines is 1. The minimum absolute atomic E-state index is 0.169. The van der Waals surface area contributed by atoms with Crippen molar-refractivity contribution in [2.75, 3.05) is 37.6 Å². The molecule has 0 unspecified atom stereocenters. The molecule has 2 fully saturated rings. The van der Waals surface area contributed by atoms with E-state index in [-0.39, 0.29) is 5.11 Å². The first-order valence-electron chi connectivity index (χ1n) is 9.47. The molecule has 1 aliphatic carbocycles. The van der Waals surface area contributed by atoms with Crippen molar-refractivity contribution >= 4 is 45.2 Å². The molecule has 1 aromatic rings. The van der Waals surface area contributed by atoms with Crippen LogP contribution in [-0.4, -0.2) is 49.0 Å². The zero-order chi connectivity index (χ0) is 18.4. The molecule has 5 nitrogen and oxygen atoms in total. The minimum Gasteiger partial charge on any atom is -0.375 e. The van der Waals surface area contributed by atoms with Gasteiger partial charge in [0.05, 0.1) is 11.9 Å². The topological polar surface area (TPSA) is 56.9 Å². The second-order valence-electron chi connectivity index (χ2n) is 7.24. The lowest BCUT2D eigenvalue weighted by molar-refractivity contribution is 0.192. The number of hydrazone groups is 1. The van der Waals surface area contributed by atoms with Crippen molar-refractivity contribution in [2.24, 2.45) is 16.8 Å². The summed E-state index contributed by atoms with van der Waals surface area (Å²) in [5, 5.41) is 4.18. The van der Waals surface area contributed by atoms with Gasteiger partial charge in [-0.3, -0.25) is 10.3 Å². The van der Waals surface area contributed by atoms with Crippen LogP contribution in [0.2, 0.25) is 0 Å². The molecule has 2 aliphatic rings. The van der Waals surface area contributed by atoms with E-state index in [2.05, 4.69) is 54.5 Å². The van der Waals surface area contributed by atoms with Crippen molar-refractivity contribution in [3.05, 3.63) is 28.2 Å². The predicted octanol–water partition coefficient (Wildman–Crippen LogP) is 3.32. The van der Waals surface area contributed by atoms with Crippen molar-refractivity contribution in [3.8, 4) is 0 Å². The second-order valence-corrected chi connectivity index (χ2v) is 8.53. The Labute approximate surface area is 170 Å². The zero-order valence-corrected chi connectivity index (χ0v) is 17.6. The Morgan fingerprint density at radius 2 is 1.96 bits per heavy atom. The second kappa shape index (κ2) is 9.67. The van der Waals surface area contributed by atoms with E-state index in [0.29, 0.717) is 0 Å². The smallest absolute Gasteiger partial charge is 0.184 e. The van der Waals surface area contributed by atoms with Crippen LogP contribution in [0.3, 0.4) is 0 Å². The SMILES string of the molecule is NC(=S)NN=Cc1ccc(N2CCN(CC3CCCCC3)CC2)c(Br)c1. The molecule has 1 aromatic carbocycles. The average molecular weight is 438 g/mol. The molecule has 0 radical (unpaired) electrons. The van der Waals surface area contributed by atoms with Gasteiger partial charge < -0.3 is 10.6 Å². The summed E-state index contributed by atoms with van der Waals surface area (Å²) in [6.07, 6.45) is 8.88. The Morgan fingerprint density at radius 1 is 1.23 bits per heavy atom. The summed E-state index contributed by atoms with van der Waals surface area (Å²) in [6.45, 7) is 5.78. The van der Waals surface area contributed by atoms with Gasteiger partial charge in [0.15, 0.2) is 5.11 Å². The lowest BCUT2D eigenvalue weighted by Gasteiger charge is -2.38. The first-order valence-corrected chi connectivity index (χ1v) is 10.7. The van der Waals surface area contributed by atoms with Gasteiger partial charge in [-0.05, 0) is 64.6 Å². The van der Waals surface area contributed by atoms with E-state index in [1.165, 1.54) is 44.3 Å². The number of hydrogen-bond donors (Lipinski definition) is 2. The first kappa shape index (κ1) is 19.6. The molecular weight excluding hydrogens is 410 g/mol. The van der Waals surface area contributed by atoms with Crippen LogP contribution in [0.4, 0.5) is 5.69 Å². The number of hydrogen-bond acceptors (Lipinski definition) is 4. The van der Waals surface area contributed by atoms with E-state index >= 15 is 0 Å². The predicted molar refractivity (Wildman–Crippen MR) is 117 cm³/mol. The molecule has 1 heterocycles. The highest BCUT2D eigenvalue weighted by Crippen LogP contribution is 2.29. The maximum absolute atomic E-state index is 5.36. The lowest BCUT2D eigenvalue weighted by Crippen LogP contribution is -2.48. The summed E-state index contributed by atoms with van der Waals surface area (Å²) in [5.41, 5.74) is 10.2. The molecule has 1 saturated heterocycles. The third-order valence-corrected chi connectivity index (χ3v) is 6.04. The largest absolute Gasteiger partial charge is 0.375 e. The van der Waals surface area contributed by atoms with Crippen molar-refractivity contribution in [1.82, 2.24) is 10.3 Å². The van der Waals surface area contributed by atoms with Gasteiger partial charge in [-0.2, -0.15) is 5.10 Å². The first-order chi connectivity index (χ1) is 12.6. The normalized spacial score (nSPS) is 19.8. The number of nitrogens with zero attached hydrogens (tertiary/aromatic N) is 3. The summed E-state index contributed by atoms with van der Waals surface area (Å²) in [7, 11) is 0. The van der Waals surface area contributed by atoms with Crippen LogP contribution in [-0.2, 0) is 0 Å². The zero-order valence-electron chi connectivity index (χ0n) is 15.2. The van der Waals surface area contributed by atoms with Crippen LogP contribution in [0.1, 0.15) is 37.7 Å². The van der Waals surface area contributed by atoms with Gasteiger partial charge in [-0.15, -0.1) is 0 Å². The Balaban J connectivity index is 1.52. The standard InChI is InChI=1S/C19H28BrN5S/c20-17-12-16(13-22-23-19(21)26)6-7-18(17)25-10-8-24(9-11-25)14-15-4-2-1-3-5-15/h6-7,12-13,15H,1-5,8-11,14H2,(H3,21,23,26). The van der Waals surface area contributed by atoms with Crippen molar-refractivity contribution in [2.45, 2.75) is 32.1 Å². The fourth-order valence-electron chi connectivity index (χ4n) is 3.94. The van der Waals surface area contributed by atoms with Gasteiger partial charge in [0.1, 0.15) is 0 Å². The molecule has 142 valence electrons. The molecule has 0 amide bonds. The Morgan fingerprint density at radius 3 is 2.62 bits per heavy atom. The van der Waals surface area contributed by atoms with Gasteiger partial charge in [-0.25, -0.2) is 0 Å². The number of halogens is 1. The average Bonchev–Trinajstić information content (AvgIpc) is 2.63. The van der Waals surface area contributed by atoms with Crippen LogP contribution in [0.15, 0.2) is 27.8 Å². The highest BCUT2D eigenvalue weighted by atomic mass is 79.9. The number of thiocarbonyl (C=S) groups is 1. The van der Waals surface area contributed by atoms with E-state index in [1.807, 2.05) is 0 Å². The molecule has 3 N–H and O–H groups in total. The number of rotatable bonds is 5. The monoisotopic (exact) mass is 437 g/mol. The molecule has 7 heteroatoms. The Bertz CT molecular complexity index is 637. The summed E-state index contributed by atoms with van der Waals surface area (Å²) in [6, 6.07) is 6.30. The highest BCUT2D eigenvalue weighted by Gasteiger charge is 2.22. The highest BCUT2D eigenvalue weighted by molar-refractivity contribution is 9.10. The lowest BCUT2D eigenvalue weighted by atomic mass is 9.89. The van der Waals surface area contributed by atoms with Crippen LogP contribution in [0.5, 0.6) is 0 Å². The fraction of sp³-hybridized carbons (Fsp3) is 0.579. The minimum atomic E-state index is 0.169. The Kier molecular flexibility index (Phi) is 7.28. The maximum Gasteiger partial charge on any atom is 0.184 e. The molecule has 0 atom stereocenters. The summed E-state index contributed by atoms with van der Waals surface area (Å²) < 4.78 is 1.09. The molecule has 3 rings (SSSR count). The number of nitrogens with one attached hydrogen (secondary N) is 1. The van der Waals surface area contributed by atoms with E-state index in [4.69, 9.17) is 18.0 Å². The van der Waals surface area contributed by atoms with Crippen molar-refractivity contribution in [3.63, 3.8) is 0 Å². The molecule has 1 aliphatic heterocycles. The number of piperazine rings is 1. The maximum atomic E-state index is 5.36. The van der Waals surface area contributed by atoms with E-state index in [0.717, 1.165) is 42.1 Å². The third-order valence-electron chi connectivity index (χ3n) is 5.31. The van der Waals surface area contributed by atoms with Crippen molar-refractivity contribution < 1.29 is 0 Å². The molecule has 0 aromatic heterocycles. The number of nitrogens with two attached hydrogens (primary N) is 1. The molecular formula is C19H28BrN5S. The van der Waals surface area contributed by atoms with Gasteiger partial charge >= 0.3 is 0 Å². The van der Waals surface area contributed by atoms with Gasteiger partial charge in [-0.1, -0.05) is 25.3 Å². The van der Waals surface area contributed by atoms with E-state index < -0.39 is 0 Å². The van der Waals surface area contributed by atoms with Gasteiger partial charge in [0, 0.05) is 37.2 Å². The third kappa shape index (κ3) is 5.66. The van der Waals surface area contributed by atoms with Crippen molar-refractivity contribution in [1.29, 1.82) is 0 Å². The summed E-state index contributed by atoms with van der Waals surface area (Å²) >= 11 is 8.45. The quantitative estimate of drug-likeness (QED) is 0.420. The van der Waals surface area contributed by atoms with Crippen LogP contribution < -0.4 is 16.1 Å².